The van der Waals surface area contributed by atoms with Crippen LogP contribution in [-0.2, 0) is 9.59 Å². The van der Waals surface area contributed by atoms with Gasteiger partial charge in [0.1, 0.15) is 17.3 Å². The minimum atomic E-state index is -0.919. The van der Waals surface area contributed by atoms with Crippen LogP contribution < -0.4 is 9.64 Å². The van der Waals surface area contributed by atoms with Crippen LogP contribution in [0.25, 0.3) is 16.0 Å². The lowest BCUT2D eigenvalue weighted by atomic mass is 9.95. The maximum Gasteiger partial charge on any atom is 0.301 e. The van der Waals surface area contributed by atoms with Gasteiger partial charge in [0.2, 0.25) is 0 Å². The third kappa shape index (κ3) is 3.62. The Morgan fingerprint density at radius 3 is 2.44 bits per heavy atom. The molecule has 1 N–H and O–H groups in total. The zero-order chi connectivity index (χ0) is 24.0. The maximum atomic E-state index is 13.8. The molecule has 0 bridgehead atoms. The number of carbonyl (C=O) groups excluding carboxylic acids is 2. The van der Waals surface area contributed by atoms with E-state index in [-0.39, 0.29) is 16.5 Å². The summed E-state index contributed by atoms with van der Waals surface area (Å²) in [6.45, 7) is 1.91. The van der Waals surface area contributed by atoms with E-state index in [2.05, 4.69) is 4.98 Å². The second-order valence-electron chi connectivity index (χ2n) is 7.92. The van der Waals surface area contributed by atoms with Gasteiger partial charge in [-0.05, 0) is 42.8 Å². The molecule has 1 aliphatic heterocycles. The summed E-state index contributed by atoms with van der Waals surface area (Å²) in [7, 11) is 1.54. The monoisotopic (exact) mass is 474 g/mol. The van der Waals surface area contributed by atoms with Gasteiger partial charge in [0.25, 0.3) is 5.78 Å². The molecule has 2 heterocycles. The molecular formula is C26H19FN2O4S. The number of aliphatic hydroxyl groups is 1. The Hall–Kier alpha value is -4.04. The molecule has 1 amide bonds. The number of benzene rings is 3. The number of Topliss-reactive ketones (excluding diaryl/α,β-unsaturated/α-hetero) is 1. The number of thiazole rings is 1. The van der Waals surface area contributed by atoms with E-state index in [0.717, 1.165) is 16.9 Å². The summed E-state index contributed by atoms with van der Waals surface area (Å²) in [5.74, 6) is -1.71. The van der Waals surface area contributed by atoms with Gasteiger partial charge in [-0.25, -0.2) is 9.37 Å². The molecule has 0 aliphatic carbocycles. The molecule has 0 unspecified atom stereocenters. The molecule has 0 spiro atoms. The lowest BCUT2D eigenvalue weighted by Crippen LogP contribution is -2.29. The van der Waals surface area contributed by atoms with Gasteiger partial charge in [-0.2, -0.15) is 0 Å². The fraction of sp³-hybridized carbons (Fsp3) is 0.115. The molecule has 0 saturated carbocycles. The van der Waals surface area contributed by atoms with Gasteiger partial charge in [-0.3, -0.25) is 14.5 Å². The molecule has 1 atom stereocenters. The Bertz CT molecular complexity index is 1460. The third-order valence-electron chi connectivity index (χ3n) is 5.75. The normalized spacial score (nSPS) is 17.5. The number of ketones is 1. The zero-order valence-corrected chi connectivity index (χ0v) is 19.1. The van der Waals surface area contributed by atoms with Crippen molar-refractivity contribution in [3.8, 4) is 5.75 Å². The molecule has 4 aromatic rings. The fourth-order valence-electron chi connectivity index (χ4n) is 3.99. The number of nitrogens with zero attached hydrogens (tertiary/aromatic N) is 2. The molecule has 6 nitrogen and oxygen atoms in total. The van der Waals surface area contributed by atoms with E-state index in [4.69, 9.17) is 4.74 Å². The van der Waals surface area contributed by atoms with Crippen molar-refractivity contribution in [3.05, 3.63) is 94.8 Å². The van der Waals surface area contributed by atoms with Crippen LogP contribution in [0.1, 0.15) is 22.7 Å². The quantitative estimate of drug-likeness (QED) is 0.244. The second-order valence-corrected chi connectivity index (χ2v) is 8.93. The molecular weight excluding hydrogens is 455 g/mol. The number of rotatable bonds is 4. The number of anilines is 1. The maximum absolute atomic E-state index is 13.8. The van der Waals surface area contributed by atoms with E-state index < -0.39 is 23.5 Å². The Balaban J connectivity index is 1.72. The van der Waals surface area contributed by atoms with E-state index in [1.165, 1.54) is 23.1 Å². The summed E-state index contributed by atoms with van der Waals surface area (Å²) in [6.07, 6.45) is 0. The van der Waals surface area contributed by atoms with Crippen LogP contribution >= 0.6 is 11.3 Å². The molecule has 170 valence electrons. The van der Waals surface area contributed by atoms with Crippen LogP contribution in [0, 0.1) is 12.7 Å². The molecule has 1 fully saturated rings. The average molecular weight is 475 g/mol. The van der Waals surface area contributed by atoms with Gasteiger partial charge in [-0.1, -0.05) is 53.3 Å². The summed E-state index contributed by atoms with van der Waals surface area (Å²) in [4.78, 5) is 32.2. The lowest BCUT2D eigenvalue weighted by molar-refractivity contribution is -0.132. The fourth-order valence-corrected chi connectivity index (χ4v) is 5.00. The smallest absolute Gasteiger partial charge is 0.301 e. The van der Waals surface area contributed by atoms with Crippen molar-refractivity contribution in [2.75, 3.05) is 12.0 Å². The number of carbonyl (C=O) groups is 2. The molecule has 0 radical (unpaired) electrons. The third-order valence-corrected chi connectivity index (χ3v) is 6.76. The number of fused-ring (bicyclic) bond motifs is 1. The van der Waals surface area contributed by atoms with Gasteiger partial charge in [0.05, 0.1) is 28.9 Å². The second kappa shape index (κ2) is 8.39. The summed E-state index contributed by atoms with van der Waals surface area (Å²) in [6, 6.07) is 17.2. The number of aryl methyl sites for hydroxylation is 1. The highest BCUT2D eigenvalue weighted by Gasteiger charge is 2.48. The minimum Gasteiger partial charge on any atom is -0.507 e. The highest BCUT2D eigenvalue weighted by Crippen LogP contribution is 2.44. The number of methoxy groups -OCH3 is 1. The minimum absolute atomic E-state index is 0.0375. The number of hydrogen-bond acceptors (Lipinski definition) is 6. The van der Waals surface area contributed by atoms with Gasteiger partial charge in [-0.15, -0.1) is 0 Å². The molecule has 3 aromatic carbocycles. The summed E-state index contributed by atoms with van der Waals surface area (Å²) in [5.41, 5.74) is 2.48. The summed E-state index contributed by atoms with van der Waals surface area (Å²) >= 11 is 1.10. The van der Waals surface area contributed by atoms with Gasteiger partial charge < -0.3 is 9.84 Å². The lowest BCUT2D eigenvalue weighted by Gasteiger charge is -2.23. The number of ether oxygens (including phenoxy) is 1. The van der Waals surface area contributed by atoms with E-state index in [9.17, 15) is 19.1 Å². The van der Waals surface area contributed by atoms with Crippen molar-refractivity contribution in [1.29, 1.82) is 0 Å². The van der Waals surface area contributed by atoms with Crippen LogP contribution in [0.4, 0.5) is 9.52 Å². The van der Waals surface area contributed by atoms with Crippen molar-refractivity contribution in [2.45, 2.75) is 13.0 Å². The number of aliphatic hydroxyl groups excluding tert-OH is 1. The predicted octanol–water partition coefficient (Wildman–Crippen LogP) is 5.38. The molecule has 1 aromatic heterocycles. The number of aromatic nitrogens is 1. The summed E-state index contributed by atoms with van der Waals surface area (Å²) < 4.78 is 19.5. The Labute approximate surface area is 198 Å². The Morgan fingerprint density at radius 1 is 1.06 bits per heavy atom. The Kier molecular flexibility index (Phi) is 5.37. The average Bonchev–Trinajstić information content (AvgIpc) is 3.37. The first-order chi connectivity index (χ1) is 16.4. The van der Waals surface area contributed by atoms with E-state index in [1.807, 2.05) is 19.1 Å². The highest BCUT2D eigenvalue weighted by atomic mass is 32.1. The van der Waals surface area contributed by atoms with E-state index in [1.54, 1.807) is 43.5 Å². The van der Waals surface area contributed by atoms with Crippen molar-refractivity contribution < 1.29 is 23.8 Å². The number of amides is 1. The Morgan fingerprint density at radius 2 is 1.76 bits per heavy atom. The molecule has 5 rings (SSSR count). The topological polar surface area (TPSA) is 79.7 Å². The van der Waals surface area contributed by atoms with E-state index in [0.29, 0.717) is 27.1 Å². The summed E-state index contributed by atoms with van der Waals surface area (Å²) in [5, 5.41) is 11.4. The van der Waals surface area contributed by atoms with Crippen LogP contribution in [0.3, 0.4) is 0 Å². The van der Waals surface area contributed by atoms with Crippen molar-refractivity contribution in [2.24, 2.45) is 0 Å². The molecule has 8 heteroatoms. The first-order valence-electron chi connectivity index (χ1n) is 10.5. The zero-order valence-electron chi connectivity index (χ0n) is 18.3. The van der Waals surface area contributed by atoms with Crippen LogP contribution in [0.15, 0.2) is 72.3 Å². The van der Waals surface area contributed by atoms with Gasteiger partial charge >= 0.3 is 5.91 Å². The van der Waals surface area contributed by atoms with Crippen LogP contribution in [-0.4, -0.2) is 28.9 Å². The van der Waals surface area contributed by atoms with Crippen molar-refractivity contribution >= 4 is 44.1 Å². The first kappa shape index (κ1) is 21.8. The molecule has 1 aliphatic rings. The van der Waals surface area contributed by atoms with Crippen LogP contribution in [0.5, 0.6) is 5.75 Å². The largest absolute Gasteiger partial charge is 0.507 e. The first-order valence-corrected chi connectivity index (χ1v) is 11.3. The van der Waals surface area contributed by atoms with E-state index >= 15 is 0 Å². The standard InChI is InChI=1S/C26H19FN2O4S/c1-14-3-5-16(6-4-14)23(30)21-22(15-7-10-18(33-2)11-8-15)29(25(32)24(21)31)26-28-19-12-9-17(27)13-20(19)34-26/h3-13,22,30H,1-2H3/t22-/m0/s1. The van der Waals surface area contributed by atoms with Crippen LogP contribution in [0.2, 0.25) is 0 Å². The van der Waals surface area contributed by atoms with Crippen molar-refractivity contribution in [1.82, 2.24) is 4.98 Å². The SMILES string of the molecule is COc1ccc([C@H]2C(=C(O)c3ccc(C)cc3)C(=O)C(=O)N2c2nc3ccc(F)cc3s2)cc1. The van der Waals surface area contributed by atoms with Gasteiger partial charge in [0.15, 0.2) is 5.13 Å². The highest BCUT2D eigenvalue weighted by molar-refractivity contribution is 7.22. The molecule has 1 saturated heterocycles. The predicted molar refractivity (Wildman–Crippen MR) is 129 cm³/mol. The molecule has 34 heavy (non-hydrogen) atoms. The number of hydrogen-bond donors (Lipinski definition) is 1. The van der Waals surface area contributed by atoms with Crippen molar-refractivity contribution in [3.63, 3.8) is 0 Å². The number of halogens is 1. The van der Waals surface area contributed by atoms with Gasteiger partial charge in [0, 0.05) is 5.56 Å².